The molecule has 3 aromatic heterocycles. The van der Waals surface area contributed by atoms with Gasteiger partial charge in [0.25, 0.3) is 0 Å². The van der Waals surface area contributed by atoms with Gasteiger partial charge in [-0.2, -0.15) is 0 Å². The number of pyridine rings is 2. The second kappa shape index (κ2) is 7.55. The monoisotopic (exact) mass is 358 g/mol. The van der Waals surface area contributed by atoms with Crippen LogP contribution in [0.1, 0.15) is 10.9 Å². The first-order chi connectivity index (χ1) is 12.8. The zero-order valence-electron chi connectivity index (χ0n) is 14.0. The topological polar surface area (TPSA) is 25.8 Å². The first-order valence-corrected chi connectivity index (χ1v) is 9.30. The molecule has 0 aliphatic carbocycles. The van der Waals surface area contributed by atoms with E-state index < -0.39 is 0 Å². The molecule has 4 heteroatoms. The second-order valence-electron chi connectivity index (χ2n) is 6.02. The summed E-state index contributed by atoms with van der Waals surface area (Å²) in [7, 11) is 1.17. The molecule has 2 nitrogen and oxygen atoms in total. The Kier molecular flexibility index (Phi) is 4.81. The van der Waals surface area contributed by atoms with Crippen LogP contribution in [0, 0.1) is 5.82 Å². The van der Waals surface area contributed by atoms with Gasteiger partial charge in [-0.3, -0.25) is 9.97 Å². The minimum atomic E-state index is -0.228. The Labute approximate surface area is 153 Å². The lowest BCUT2D eigenvalue weighted by Gasteiger charge is -2.08. The molecule has 1 aromatic carbocycles. The van der Waals surface area contributed by atoms with Crippen molar-refractivity contribution in [2.75, 3.05) is 0 Å². The van der Waals surface area contributed by atoms with E-state index in [4.69, 9.17) is 0 Å². The van der Waals surface area contributed by atoms with Gasteiger partial charge in [0.15, 0.2) is 0 Å². The third kappa shape index (κ3) is 3.84. The van der Waals surface area contributed by atoms with Crippen LogP contribution in [0.3, 0.4) is 0 Å². The number of hydrogen-bond acceptors (Lipinski definition) is 2. The van der Waals surface area contributed by atoms with Crippen LogP contribution in [-0.4, -0.2) is 9.97 Å². The van der Waals surface area contributed by atoms with Gasteiger partial charge in [-0.15, -0.1) is 0 Å². The molecule has 0 bridgehead atoms. The van der Waals surface area contributed by atoms with Gasteiger partial charge in [-0.1, -0.05) is 38.5 Å². The van der Waals surface area contributed by atoms with E-state index in [2.05, 4.69) is 21.8 Å². The highest BCUT2D eigenvalue weighted by molar-refractivity contribution is 7.30. The van der Waals surface area contributed by atoms with Crippen molar-refractivity contribution < 1.29 is 4.39 Å². The molecule has 0 aliphatic rings. The first-order valence-electron chi connectivity index (χ1n) is 8.34. The molecule has 0 saturated heterocycles. The molecule has 4 aromatic rings. The van der Waals surface area contributed by atoms with Gasteiger partial charge in [0.1, 0.15) is 5.82 Å². The lowest BCUT2D eigenvalue weighted by Crippen LogP contribution is -1.91. The van der Waals surface area contributed by atoms with Gasteiger partial charge < -0.3 is 0 Å². The predicted molar refractivity (Wildman–Crippen MR) is 105 cm³/mol. The lowest BCUT2D eigenvalue weighted by molar-refractivity contribution is 0.626. The van der Waals surface area contributed by atoms with Crippen molar-refractivity contribution in [1.82, 2.24) is 9.97 Å². The maximum Gasteiger partial charge on any atom is 0.124 e. The van der Waals surface area contributed by atoms with Crippen molar-refractivity contribution in [2.45, 2.75) is 6.42 Å². The molecule has 3 heterocycles. The number of benzene rings is 1. The normalized spacial score (nSPS) is 11.0. The van der Waals surface area contributed by atoms with Crippen molar-refractivity contribution in [3.8, 4) is 22.4 Å². The molecule has 4 rings (SSSR count). The predicted octanol–water partition coefficient (Wildman–Crippen LogP) is 6.12. The number of halogens is 1. The van der Waals surface area contributed by atoms with Crippen LogP contribution >= 0.6 is 8.19 Å². The molecular weight excluding hydrogens is 342 g/mol. The standard InChI is InChI=1S/C22H16FN2P/c23-20-10-16(11-21-5-2-4-8-26-21)9-17(13-20)18-12-19(15-24-14-18)22-6-1-3-7-25-22/h1-10,12-15H,11H2. The van der Waals surface area contributed by atoms with Crippen LogP contribution in [0.2, 0.25) is 0 Å². The summed E-state index contributed by atoms with van der Waals surface area (Å²) in [6.07, 6.45) is 6.03. The third-order valence-electron chi connectivity index (χ3n) is 4.10. The Bertz CT molecular complexity index is 1020. The smallest absolute Gasteiger partial charge is 0.124 e. The fourth-order valence-corrected chi connectivity index (χ4v) is 3.73. The summed E-state index contributed by atoms with van der Waals surface area (Å²) in [6.45, 7) is 0. The van der Waals surface area contributed by atoms with Gasteiger partial charge in [-0.05, 0) is 52.6 Å². The molecule has 0 atom stereocenters. The number of aromatic nitrogens is 2. The van der Waals surface area contributed by atoms with Crippen LogP contribution in [-0.2, 0) is 6.42 Å². The van der Waals surface area contributed by atoms with Crippen LogP contribution < -0.4 is 0 Å². The van der Waals surface area contributed by atoms with E-state index in [1.54, 1.807) is 30.7 Å². The highest BCUT2D eigenvalue weighted by atomic mass is 31.0. The van der Waals surface area contributed by atoms with E-state index in [1.807, 2.05) is 42.5 Å². The van der Waals surface area contributed by atoms with E-state index in [-0.39, 0.29) is 5.82 Å². The van der Waals surface area contributed by atoms with E-state index in [1.165, 1.54) is 13.5 Å². The van der Waals surface area contributed by atoms with Crippen molar-refractivity contribution in [3.05, 3.63) is 102 Å². The maximum atomic E-state index is 14.2. The quantitative estimate of drug-likeness (QED) is 0.439. The Hall–Kier alpha value is -2.90. The summed E-state index contributed by atoms with van der Waals surface area (Å²) < 4.78 is 14.2. The van der Waals surface area contributed by atoms with Crippen molar-refractivity contribution in [1.29, 1.82) is 0 Å². The molecule has 0 radical (unpaired) electrons. The van der Waals surface area contributed by atoms with Gasteiger partial charge in [0.05, 0.1) is 5.69 Å². The average Bonchev–Trinajstić information content (AvgIpc) is 2.69. The Morgan fingerprint density at radius 3 is 2.54 bits per heavy atom. The molecular formula is C22H16FN2P. The summed E-state index contributed by atoms with van der Waals surface area (Å²) in [4.78, 5) is 8.69. The summed E-state index contributed by atoms with van der Waals surface area (Å²) >= 11 is 0. The Morgan fingerprint density at radius 2 is 1.73 bits per heavy atom. The van der Waals surface area contributed by atoms with Crippen molar-refractivity contribution in [2.24, 2.45) is 0 Å². The molecule has 0 spiro atoms. The number of nitrogens with zero attached hydrogens (tertiary/aromatic N) is 2. The van der Waals surface area contributed by atoms with Crippen LogP contribution in [0.25, 0.3) is 22.4 Å². The Morgan fingerprint density at radius 1 is 0.846 bits per heavy atom. The van der Waals surface area contributed by atoms with E-state index in [0.717, 1.165) is 34.4 Å². The molecule has 0 amide bonds. The van der Waals surface area contributed by atoms with E-state index >= 15 is 0 Å². The number of hydrogen-bond donors (Lipinski definition) is 0. The minimum absolute atomic E-state index is 0.228. The second-order valence-corrected chi connectivity index (χ2v) is 7.15. The lowest BCUT2D eigenvalue weighted by atomic mass is 10.0. The van der Waals surface area contributed by atoms with E-state index in [9.17, 15) is 4.39 Å². The van der Waals surface area contributed by atoms with Crippen LogP contribution in [0.15, 0.2) is 85.1 Å². The first kappa shape index (κ1) is 16.6. The van der Waals surface area contributed by atoms with Gasteiger partial charge in [-0.25, -0.2) is 4.39 Å². The van der Waals surface area contributed by atoms with Crippen LogP contribution in [0.4, 0.5) is 4.39 Å². The highest BCUT2D eigenvalue weighted by Crippen LogP contribution is 2.27. The van der Waals surface area contributed by atoms with Crippen molar-refractivity contribution >= 4 is 8.19 Å². The fourth-order valence-electron chi connectivity index (χ4n) is 2.90. The summed E-state index contributed by atoms with van der Waals surface area (Å²) in [5.74, 6) is 1.86. The number of rotatable bonds is 4. The zero-order valence-corrected chi connectivity index (χ0v) is 14.9. The molecule has 126 valence electrons. The van der Waals surface area contributed by atoms with Gasteiger partial charge >= 0.3 is 0 Å². The summed E-state index contributed by atoms with van der Waals surface area (Å²) in [5.41, 5.74) is 4.45. The zero-order chi connectivity index (χ0) is 17.8. The molecule has 26 heavy (non-hydrogen) atoms. The summed E-state index contributed by atoms with van der Waals surface area (Å²) in [5, 5.41) is 1.25. The highest BCUT2D eigenvalue weighted by Gasteiger charge is 2.07. The van der Waals surface area contributed by atoms with Crippen LogP contribution in [0.5, 0.6) is 0 Å². The molecule has 0 unspecified atom stereocenters. The molecule has 0 aliphatic heterocycles. The molecule has 0 fully saturated rings. The van der Waals surface area contributed by atoms with Gasteiger partial charge in [0, 0.05) is 36.1 Å². The maximum absolute atomic E-state index is 14.2. The molecule has 0 saturated carbocycles. The third-order valence-corrected chi connectivity index (χ3v) is 5.06. The largest absolute Gasteiger partial charge is 0.263 e. The van der Waals surface area contributed by atoms with E-state index in [0.29, 0.717) is 0 Å². The SMILES string of the molecule is Fc1cc(Cc2ccccp2)cc(-c2cncc(-c3ccccn3)c2)c1. The average molecular weight is 358 g/mol. The Balaban J connectivity index is 1.70. The minimum Gasteiger partial charge on any atom is -0.263 e. The molecule has 0 N–H and O–H groups in total. The van der Waals surface area contributed by atoms with Gasteiger partial charge in [0.2, 0.25) is 0 Å². The fraction of sp³-hybridized carbons (Fsp3) is 0.0455. The van der Waals surface area contributed by atoms with Crippen molar-refractivity contribution in [3.63, 3.8) is 0 Å². The summed E-state index contributed by atoms with van der Waals surface area (Å²) in [6, 6.07) is 19.1.